The van der Waals surface area contributed by atoms with Crippen molar-refractivity contribution < 1.29 is 14.0 Å². The Kier molecular flexibility index (Phi) is 3.27. The highest BCUT2D eigenvalue weighted by Crippen LogP contribution is 2.23. The third kappa shape index (κ3) is 2.80. The summed E-state index contributed by atoms with van der Waals surface area (Å²) in [5.41, 5.74) is 0.559. The molecular formula is C14H18N2O3. The van der Waals surface area contributed by atoms with Crippen LogP contribution in [0.25, 0.3) is 0 Å². The molecule has 1 aromatic rings. The normalized spacial score (nSPS) is 23.2. The van der Waals surface area contributed by atoms with Crippen molar-refractivity contribution in [3.8, 4) is 0 Å². The third-order valence-corrected chi connectivity index (χ3v) is 3.77. The van der Waals surface area contributed by atoms with Crippen molar-refractivity contribution >= 4 is 11.8 Å². The summed E-state index contributed by atoms with van der Waals surface area (Å²) in [5, 5.41) is 3.02. The topological polar surface area (TPSA) is 62.6 Å². The summed E-state index contributed by atoms with van der Waals surface area (Å²) < 4.78 is 4.93. The maximum atomic E-state index is 12.2. The SMILES string of the molecule is O=C(NC1CC1)[C@H]1CCCN(C(=O)c2ccoc2)C1. The third-order valence-electron chi connectivity index (χ3n) is 3.77. The van der Waals surface area contributed by atoms with E-state index in [4.69, 9.17) is 4.42 Å². The first-order chi connectivity index (χ1) is 9.24. The highest BCUT2D eigenvalue weighted by atomic mass is 16.3. The zero-order chi connectivity index (χ0) is 13.2. The van der Waals surface area contributed by atoms with Gasteiger partial charge in [0.1, 0.15) is 6.26 Å². The average molecular weight is 262 g/mol. The van der Waals surface area contributed by atoms with Crippen molar-refractivity contribution in [1.29, 1.82) is 0 Å². The summed E-state index contributed by atoms with van der Waals surface area (Å²) in [6.07, 6.45) is 6.89. The predicted molar refractivity (Wildman–Crippen MR) is 68.5 cm³/mol. The molecule has 3 rings (SSSR count). The fraction of sp³-hybridized carbons (Fsp3) is 0.571. The Labute approximate surface area is 111 Å². The van der Waals surface area contributed by atoms with Crippen LogP contribution in [0, 0.1) is 5.92 Å². The first kappa shape index (κ1) is 12.3. The van der Waals surface area contributed by atoms with Gasteiger partial charge in [-0.3, -0.25) is 9.59 Å². The van der Waals surface area contributed by atoms with Crippen molar-refractivity contribution in [2.24, 2.45) is 5.92 Å². The summed E-state index contributed by atoms with van der Waals surface area (Å²) in [4.78, 5) is 26.0. The number of carbonyl (C=O) groups is 2. The van der Waals surface area contributed by atoms with Gasteiger partial charge in [-0.1, -0.05) is 0 Å². The van der Waals surface area contributed by atoms with Crippen LogP contribution in [0.3, 0.4) is 0 Å². The summed E-state index contributed by atoms with van der Waals surface area (Å²) in [5.74, 6) is -0.00457. The molecule has 1 saturated carbocycles. The van der Waals surface area contributed by atoms with Gasteiger partial charge in [-0.15, -0.1) is 0 Å². The van der Waals surface area contributed by atoms with Gasteiger partial charge in [0, 0.05) is 19.1 Å². The van der Waals surface area contributed by atoms with Gasteiger partial charge in [0.25, 0.3) is 5.91 Å². The Balaban J connectivity index is 1.60. The van der Waals surface area contributed by atoms with E-state index in [0.717, 1.165) is 32.2 Å². The Bertz CT molecular complexity index is 465. The number of hydrogen-bond acceptors (Lipinski definition) is 3. The predicted octanol–water partition coefficient (Wildman–Crippen LogP) is 1.41. The van der Waals surface area contributed by atoms with E-state index in [-0.39, 0.29) is 17.7 Å². The van der Waals surface area contributed by atoms with Crippen molar-refractivity contribution in [3.05, 3.63) is 24.2 Å². The highest BCUT2D eigenvalue weighted by molar-refractivity contribution is 5.94. The van der Waals surface area contributed by atoms with E-state index in [1.54, 1.807) is 11.0 Å². The van der Waals surface area contributed by atoms with E-state index in [9.17, 15) is 9.59 Å². The molecule has 2 amide bonds. The minimum atomic E-state index is -0.0646. The quantitative estimate of drug-likeness (QED) is 0.896. The number of amides is 2. The summed E-state index contributed by atoms with van der Waals surface area (Å²) in [7, 11) is 0. The fourth-order valence-electron chi connectivity index (χ4n) is 2.49. The van der Waals surface area contributed by atoms with Crippen LogP contribution in [0.1, 0.15) is 36.0 Å². The lowest BCUT2D eigenvalue weighted by atomic mass is 9.96. The van der Waals surface area contributed by atoms with Crippen LogP contribution in [-0.2, 0) is 4.79 Å². The molecule has 1 saturated heterocycles. The van der Waals surface area contributed by atoms with E-state index in [0.29, 0.717) is 18.2 Å². The van der Waals surface area contributed by atoms with E-state index < -0.39 is 0 Å². The van der Waals surface area contributed by atoms with Gasteiger partial charge in [0.15, 0.2) is 0 Å². The first-order valence-electron chi connectivity index (χ1n) is 6.86. The van der Waals surface area contributed by atoms with Crippen molar-refractivity contribution in [2.75, 3.05) is 13.1 Å². The van der Waals surface area contributed by atoms with Crippen molar-refractivity contribution in [1.82, 2.24) is 10.2 Å². The molecule has 1 N–H and O–H groups in total. The van der Waals surface area contributed by atoms with E-state index in [1.807, 2.05) is 0 Å². The number of likely N-dealkylation sites (tertiary alicyclic amines) is 1. The maximum absolute atomic E-state index is 12.2. The largest absolute Gasteiger partial charge is 0.472 e. The Morgan fingerprint density at radius 1 is 1.32 bits per heavy atom. The van der Waals surface area contributed by atoms with E-state index in [1.165, 1.54) is 12.5 Å². The molecule has 2 heterocycles. The zero-order valence-corrected chi connectivity index (χ0v) is 10.8. The summed E-state index contributed by atoms with van der Waals surface area (Å²) in [6, 6.07) is 2.04. The molecule has 2 aliphatic rings. The number of rotatable bonds is 3. The second-order valence-electron chi connectivity index (χ2n) is 5.39. The second kappa shape index (κ2) is 5.07. The molecule has 102 valence electrons. The van der Waals surface area contributed by atoms with Crippen LogP contribution in [0.5, 0.6) is 0 Å². The van der Waals surface area contributed by atoms with Crippen LogP contribution in [0.15, 0.2) is 23.0 Å². The molecule has 0 aromatic carbocycles. The van der Waals surface area contributed by atoms with Gasteiger partial charge in [-0.2, -0.15) is 0 Å². The number of nitrogens with zero attached hydrogens (tertiary/aromatic N) is 1. The monoisotopic (exact) mass is 262 g/mol. The molecule has 5 nitrogen and oxygen atoms in total. The van der Waals surface area contributed by atoms with E-state index >= 15 is 0 Å². The lowest BCUT2D eigenvalue weighted by Crippen LogP contribution is -2.45. The van der Waals surface area contributed by atoms with Crippen LogP contribution < -0.4 is 5.32 Å². The maximum Gasteiger partial charge on any atom is 0.257 e. The van der Waals surface area contributed by atoms with Crippen LogP contribution in [-0.4, -0.2) is 35.8 Å². The fourth-order valence-corrected chi connectivity index (χ4v) is 2.49. The van der Waals surface area contributed by atoms with Crippen molar-refractivity contribution in [2.45, 2.75) is 31.7 Å². The minimum Gasteiger partial charge on any atom is -0.472 e. The Morgan fingerprint density at radius 2 is 2.16 bits per heavy atom. The molecule has 0 radical (unpaired) electrons. The van der Waals surface area contributed by atoms with Gasteiger partial charge in [-0.05, 0) is 31.7 Å². The standard InChI is InChI=1S/C14H18N2O3/c17-13(15-12-3-4-12)10-2-1-6-16(8-10)14(18)11-5-7-19-9-11/h5,7,9-10,12H,1-4,6,8H2,(H,15,17)/t10-/m0/s1. The number of furan rings is 1. The molecular weight excluding hydrogens is 244 g/mol. The van der Waals surface area contributed by atoms with Gasteiger partial charge in [-0.25, -0.2) is 0 Å². The molecule has 1 aliphatic carbocycles. The molecule has 0 spiro atoms. The molecule has 5 heteroatoms. The summed E-state index contributed by atoms with van der Waals surface area (Å²) >= 11 is 0. The highest BCUT2D eigenvalue weighted by Gasteiger charge is 2.32. The molecule has 1 aliphatic heterocycles. The molecule has 0 bridgehead atoms. The van der Waals surface area contributed by atoms with Crippen LogP contribution >= 0.6 is 0 Å². The molecule has 1 aromatic heterocycles. The lowest BCUT2D eigenvalue weighted by molar-refractivity contribution is -0.126. The molecule has 19 heavy (non-hydrogen) atoms. The summed E-state index contributed by atoms with van der Waals surface area (Å²) in [6.45, 7) is 1.24. The van der Waals surface area contributed by atoms with Crippen LogP contribution in [0.4, 0.5) is 0 Å². The number of carbonyl (C=O) groups excluding carboxylic acids is 2. The van der Waals surface area contributed by atoms with Gasteiger partial charge < -0.3 is 14.6 Å². The van der Waals surface area contributed by atoms with E-state index in [2.05, 4.69) is 5.32 Å². The minimum absolute atomic E-state index is 0.0438. The second-order valence-corrected chi connectivity index (χ2v) is 5.39. The first-order valence-corrected chi connectivity index (χ1v) is 6.86. The smallest absolute Gasteiger partial charge is 0.257 e. The van der Waals surface area contributed by atoms with Gasteiger partial charge >= 0.3 is 0 Å². The van der Waals surface area contributed by atoms with Gasteiger partial charge in [0.05, 0.1) is 17.7 Å². The number of hydrogen-bond donors (Lipinski definition) is 1. The average Bonchev–Trinajstić information content (AvgIpc) is 3.08. The Morgan fingerprint density at radius 3 is 2.84 bits per heavy atom. The van der Waals surface area contributed by atoms with Gasteiger partial charge in [0.2, 0.25) is 5.91 Å². The zero-order valence-electron chi connectivity index (χ0n) is 10.8. The molecule has 2 fully saturated rings. The molecule has 1 atom stereocenters. The Hall–Kier alpha value is -1.78. The van der Waals surface area contributed by atoms with Crippen LogP contribution in [0.2, 0.25) is 0 Å². The van der Waals surface area contributed by atoms with Crippen molar-refractivity contribution in [3.63, 3.8) is 0 Å². The number of piperidine rings is 1. The molecule has 0 unspecified atom stereocenters. The number of nitrogens with one attached hydrogen (secondary N) is 1. The lowest BCUT2D eigenvalue weighted by Gasteiger charge is -2.31.